The normalized spacial score (nSPS) is 15.1. The number of ether oxygens (including phenoxy) is 2. The first kappa shape index (κ1) is 20.1. The molecule has 0 spiro atoms. The van der Waals surface area contributed by atoms with E-state index in [4.69, 9.17) is 21.7 Å². The van der Waals surface area contributed by atoms with E-state index in [0.29, 0.717) is 27.3 Å². The molecule has 140 valence electrons. The molecule has 0 radical (unpaired) electrons. The summed E-state index contributed by atoms with van der Waals surface area (Å²) in [6, 6.07) is 9.98. The Labute approximate surface area is 179 Å². The molecule has 0 unspecified atom stereocenters. The molecule has 2 aromatic carbocycles. The van der Waals surface area contributed by atoms with Crippen LogP contribution in [0.5, 0.6) is 11.5 Å². The average molecular weight is 515 g/mol. The number of benzene rings is 2. The lowest BCUT2D eigenvalue weighted by molar-refractivity contribution is -0.115. The highest BCUT2D eigenvalue weighted by Gasteiger charge is 2.22. The maximum atomic E-state index is 13.3. The molecule has 1 N–H and O–H groups in total. The smallest absolute Gasteiger partial charge is 0.263 e. The first-order valence-electron chi connectivity index (χ1n) is 8.04. The second-order valence-electron chi connectivity index (χ2n) is 5.53. The zero-order chi connectivity index (χ0) is 19.4. The molecule has 3 rings (SSSR count). The molecule has 8 heteroatoms. The molecule has 0 atom stereocenters. The van der Waals surface area contributed by atoms with Gasteiger partial charge in [0.25, 0.3) is 5.91 Å². The molecule has 1 aliphatic heterocycles. The zero-order valence-corrected chi connectivity index (χ0v) is 18.0. The van der Waals surface area contributed by atoms with Gasteiger partial charge in [-0.25, -0.2) is 4.39 Å². The van der Waals surface area contributed by atoms with Gasteiger partial charge in [0.05, 0.1) is 15.1 Å². The molecule has 0 bridgehead atoms. The van der Waals surface area contributed by atoms with Crippen molar-refractivity contribution >= 4 is 62.9 Å². The molecule has 27 heavy (non-hydrogen) atoms. The van der Waals surface area contributed by atoms with E-state index in [-0.39, 0.29) is 18.3 Å². The molecule has 4 nitrogen and oxygen atoms in total. The van der Waals surface area contributed by atoms with Crippen LogP contribution >= 0.6 is 46.6 Å². The van der Waals surface area contributed by atoms with E-state index in [2.05, 4.69) is 27.9 Å². The van der Waals surface area contributed by atoms with Crippen LogP contribution < -0.4 is 14.8 Å². The van der Waals surface area contributed by atoms with E-state index >= 15 is 0 Å². The van der Waals surface area contributed by atoms with Gasteiger partial charge in [-0.3, -0.25) is 4.79 Å². The number of halogens is 2. The van der Waals surface area contributed by atoms with Gasteiger partial charge in [0.1, 0.15) is 16.7 Å². The summed E-state index contributed by atoms with van der Waals surface area (Å²) in [6.07, 6.45) is 1.76. The number of thioether (sulfide) groups is 1. The lowest BCUT2D eigenvalue weighted by Crippen LogP contribution is -2.17. The van der Waals surface area contributed by atoms with E-state index in [1.807, 2.05) is 19.1 Å². The number of hydrogen-bond acceptors (Lipinski definition) is 5. The van der Waals surface area contributed by atoms with Crippen LogP contribution in [0.3, 0.4) is 0 Å². The van der Waals surface area contributed by atoms with Gasteiger partial charge in [-0.15, -0.1) is 0 Å². The number of carbonyl (C=O) groups is 1. The molecule has 1 fully saturated rings. The molecule has 0 saturated carbocycles. The van der Waals surface area contributed by atoms with Gasteiger partial charge in [-0.1, -0.05) is 36.1 Å². The van der Waals surface area contributed by atoms with Crippen LogP contribution in [0.1, 0.15) is 18.1 Å². The Balaban J connectivity index is 1.87. The molecule has 0 aromatic heterocycles. The number of nitrogens with one attached hydrogen (secondary N) is 1. The first-order valence-corrected chi connectivity index (χ1v) is 10.3. The third-order valence-electron chi connectivity index (χ3n) is 3.54. The number of hydrogen-bond donors (Lipinski definition) is 1. The van der Waals surface area contributed by atoms with Crippen LogP contribution in [-0.4, -0.2) is 16.8 Å². The van der Waals surface area contributed by atoms with Crippen molar-refractivity contribution in [3.63, 3.8) is 0 Å². The minimum atomic E-state index is -0.303. The zero-order valence-electron chi connectivity index (χ0n) is 14.3. The summed E-state index contributed by atoms with van der Waals surface area (Å²) in [5, 5.41) is 2.59. The Morgan fingerprint density at radius 1 is 1.30 bits per heavy atom. The topological polar surface area (TPSA) is 47.6 Å². The second kappa shape index (κ2) is 9.03. The van der Waals surface area contributed by atoms with Crippen molar-refractivity contribution in [3.05, 3.63) is 61.8 Å². The Hall–Kier alpha value is -1.65. The van der Waals surface area contributed by atoms with E-state index in [9.17, 15) is 9.18 Å². The first-order chi connectivity index (χ1) is 13.0. The fourth-order valence-corrected chi connectivity index (χ4v) is 4.25. The van der Waals surface area contributed by atoms with Crippen molar-refractivity contribution in [2.75, 3.05) is 6.61 Å². The van der Waals surface area contributed by atoms with Crippen molar-refractivity contribution in [3.8, 4) is 11.5 Å². The van der Waals surface area contributed by atoms with E-state index in [1.165, 1.54) is 23.9 Å². The Bertz CT molecular complexity index is 933. The van der Waals surface area contributed by atoms with Gasteiger partial charge in [-0.2, -0.15) is 0 Å². The van der Waals surface area contributed by atoms with Gasteiger partial charge in [0.2, 0.25) is 0 Å². The Morgan fingerprint density at radius 3 is 2.78 bits per heavy atom. The molecule has 1 amide bonds. The van der Waals surface area contributed by atoms with E-state index < -0.39 is 0 Å². The number of carbonyl (C=O) groups excluding carboxylic acids is 1. The Morgan fingerprint density at radius 2 is 2.11 bits per heavy atom. The fourth-order valence-electron chi connectivity index (χ4n) is 2.43. The van der Waals surface area contributed by atoms with Crippen LogP contribution in [0.25, 0.3) is 6.08 Å². The lowest BCUT2D eigenvalue weighted by Gasteiger charge is -2.15. The molecular formula is C19H15FINO3S2. The monoisotopic (exact) mass is 515 g/mol. The number of amides is 1. The summed E-state index contributed by atoms with van der Waals surface area (Å²) in [5.41, 5.74) is 1.54. The quantitative estimate of drug-likeness (QED) is 0.337. The van der Waals surface area contributed by atoms with E-state index in [0.717, 1.165) is 14.7 Å². The standard InChI is InChI=1S/C19H15FINO3S2/c1-2-24-15-8-12(9-16-18(23)22-19(26)27-16)7-14(21)17(15)25-10-11-4-3-5-13(20)6-11/h3-9H,2,10H2,1H3,(H,22,23,26)/b16-9-. The molecule has 1 saturated heterocycles. The molecular weight excluding hydrogens is 500 g/mol. The van der Waals surface area contributed by atoms with Crippen molar-refractivity contribution in [2.45, 2.75) is 13.5 Å². The van der Waals surface area contributed by atoms with Crippen LogP contribution in [0.2, 0.25) is 0 Å². The highest BCUT2D eigenvalue weighted by molar-refractivity contribution is 14.1. The third kappa shape index (κ3) is 5.20. The molecule has 1 heterocycles. The number of thiocarbonyl (C=S) groups is 1. The summed E-state index contributed by atoms with van der Waals surface area (Å²) in [5.74, 6) is 0.647. The fraction of sp³-hybridized carbons (Fsp3) is 0.158. The van der Waals surface area contributed by atoms with Crippen molar-refractivity contribution in [1.82, 2.24) is 5.32 Å². The maximum absolute atomic E-state index is 13.3. The van der Waals surface area contributed by atoms with Crippen LogP contribution in [0.15, 0.2) is 41.3 Å². The Kier molecular flexibility index (Phi) is 6.72. The summed E-state index contributed by atoms with van der Waals surface area (Å²) in [4.78, 5) is 12.4. The molecule has 2 aromatic rings. The van der Waals surface area contributed by atoms with Crippen LogP contribution in [0.4, 0.5) is 4.39 Å². The average Bonchev–Trinajstić information content (AvgIpc) is 2.91. The maximum Gasteiger partial charge on any atom is 0.263 e. The predicted molar refractivity (Wildman–Crippen MR) is 117 cm³/mol. The summed E-state index contributed by atoms with van der Waals surface area (Å²) < 4.78 is 26.2. The molecule has 0 aliphatic carbocycles. The summed E-state index contributed by atoms with van der Waals surface area (Å²) >= 11 is 8.39. The minimum absolute atomic E-state index is 0.204. The predicted octanol–water partition coefficient (Wildman–Crippen LogP) is 4.90. The van der Waals surface area contributed by atoms with Gasteiger partial charge in [0, 0.05) is 0 Å². The van der Waals surface area contributed by atoms with Gasteiger partial charge in [-0.05, 0) is 71.0 Å². The largest absolute Gasteiger partial charge is 0.490 e. The van der Waals surface area contributed by atoms with Crippen molar-refractivity contribution in [2.24, 2.45) is 0 Å². The minimum Gasteiger partial charge on any atom is -0.490 e. The summed E-state index contributed by atoms with van der Waals surface area (Å²) in [6.45, 7) is 2.57. The third-order valence-corrected chi connectivity index (χ3v) is 5.51. The van der Waals surface area contributed by atoms with E-state index in [1.54, 1.807) is 18.2 Å². The van der Waals surface area contributed by atoms with Gasteiger partial charge < -0.3 is 14.8 Å². The second-order valence-corrected chi connectivity index (χ2v) is 8.41. The van der Waals surface area contributed by atoms with Gasteiger partial charge in [0.15, 0.2) is 11.5 Å². The highest BCUT2D eigenvalue weighted by atomic mass is 127. The lowest BCUT2D eigenvalue weighted by atomic mass is 10.1. The van der Waals surface area contributed by atoms with Gasteiger partial charge >= 0.3 is 0 Å². The SMILES string of the molecule is CCOc1cc(/C=C2\SC(=S)NC2=O)cc(I)c1OCc1cccc(F)c1. The summed E-state index contributed by atoms with van der Waals surface area (Å²) in [7, 11) is 0. The molecule has 1 aliphatic rings. The highest BCUT2D eigenvalue weighted by Crippen LogP contribution is 2.36. The van der Waals surface area contributed by atoms with Crippen LogP contribution in [-0.2, 0) is 11.4 Å². The van der Waals surface area contributed by atoms with Crippen LogP contribution in [0, 0.1) is 9.39 Å². The van der Waals surface area contributed by atoms with Crippen molar-refractivity contribution < 1.29 is 18.7 Å². The number of rotatable bonds is 6. The van der Waals surface area contributed by atoms with Crippen molar-refractivity contribution in [1.29, 1.82) is 0 Å².